The molecule has 4 aliphatic rings. The fourth-order valence-electron chi connectivity index (χ4n) is 8.88. The minimum Gasteiger partial charge on any atom is -0.478 e. The number of benzene rings is 5. The van der Waals surface area contributed by atoms with E-state index in [1.807, 2.05) is 86.2 Å². The van der Waals surface area contributed by atoms with Crippen LogP contribution in [0.3, 0.4) is 0 Å². The van der Waals surface area contributed by atoms with Gasteiger partial charge in [0.25, 0.3) is 0 Å². The first-order valence-corrected chi connectivity index (χ1v) is 23.5. The highest BCUT2D eigenvalue weighted by atomic mass is 32.1. The van der Waals surface area contributed by atoms with Crippen LogP contribution in [0, 0.1) is 5.92 Å². The van der Waals surface area contributed by atoms with E-state index in [0.717, 1.165) is 64.2 Å². The number of hydrogen-bond donors (Lipinski definition) is 6. The van der Waals surface area contributed by atoms with E-state index in [4.69, 9.17) is 21.4 Å². The molecule has 1 saturated heterocycles. The van der Waals surface area contributed by atoms with Crippen molar-refractivity contribution in [2.24, 2.45) is 5.92 Å². The zero-order chi connectivity index (χ0) is 46.2. The average Bonchev–Trinajstić information content (AvgIpc) is 4.11. The number of nitrogens with one attached hydrogen (secondary N) is 5. The number of carboxylic acid groups (broad SMARTS) is 1. The Bertz CT molecular complexity index is 2720. The van der Waals surface area contributed by atoms with Crippen LogP contribution in [0.5, 0.6) is 0 Å². The largest absolute Gasteiger partial charge is 0.478 e. The summed E-state index contributed by atoms with van der Waals surface area (Å²) in [5.41, 5.74) is 9.33. The molecule has 4 aromatic carbocycles. The molecule has 2 atom stereocenters. The predicted octanol–water partition coefficient (Wildman–Crippen LogP) is 7.16. The summed E-state index contributed by atoms with van der Waals surface area (Å²) < 4.78 is 14.2. The van der Waals surface area contributed by atoms with Gasteiger partial charge in [-0.05, 0) is 122 Å². The van der Waals surface area contributed by atoms with Gasteiger partial charge in [-0.3, -0.25) is 4.79 Å². The second-order valence-electron chi connectivity index (χ2n) is 17.9. The van der Waals surface area contributed by atoms with Crippen LogP contribution in [-0.2, 0) is 16.0 Å². The van der Waals surface area contributed by atoms with Crippen LogP contribution in [0.15, 0.2) is 108 Å². The van der Waals surface area contributed by atoms with Gasteiger partial charge >= 0.3 is 5.97 Å². The van der Waals surface area contributed by atoms with Crippen molar-refractivity contribution >= 4 is 51.6 Å². The first-order chi connectivity index (χ1) is 32.0. The van der Waals surface area contributed by atoms with E-state index in [9.17, 15) is 14.7 Å². The summed E-state index contributed by atoms with van der Waals surface area (Å²) in [5, 5.41) is 29.1. The van der Waals surface area contributed by atoms with Crippen LogP contribution in [0.1, 0.15) is 53.1 Å². The Hall–Kier alpha value is -6.12. The number of fused-ring (bicyclic) bond motifs is 2. The molecule has 66 heavy (non-hydrogen) atoms. The second kappa shape index (κ2) is 21.5. The first kappa shape index (κ1) is 46.4. The Labute approximate surface area is 392 Å². The summed E-state index contributed by atoms with van der Waals surface area (Å²) in [4.78, 5) is 27.5. The molecule has 6 N–H and O–H groups in total. The Morgan fingerprint density at radius 2 is 1.65 bits per heavy atom. The molecule has 4 aromatic rings. The number of nitrogens with zero attached hydrogens (tertiary/aromatic N) is 2. The molecule has 0 radical (unpaired) electrons. The fourth-order valence-corrected chi connectivity index (χ4v) is 9.10. The van der Waals surface area contributed by atoms with Crippen LogP contribution in [-0.4, -0.2) is 102 Å². The third kappa shape index (κ3) is 11.6. The molecule has 0 bridgehead atoms. The third-order valence-electron chi connectivity index (χ3n) is 12.8. The third-order valence-corrected chi connectivity index (χ3v) is 13.0. The lowest BCUT2D eigenvalue weighted by atomic mass is 9.90. The van der Waals surface area contributed by atoms with Gasteiger partial charge in [0.05, 0.1) is 24.8 Å². The predicted molar refractivity (Wildman–Crippen MR) is 270 cm³/mol. The van der Waals surface area contributed by atoms with Crippen molar-refractivity contribution in [3.05, 3.63) is 125 Å². The highest BCUT2D eigenvalue weighted by molar-refractivity contribution is 7.80. The number of thiocarbonyl (C=S) groups is 1. The molecule has 2 aliphatic carbocycles. The summed E-state index contributed by atoms with van der Waals surface area (Å²) in [6.07, 6.45) is 4.82. The standard InChI is InChI=1S/C53H61N7O5S/c1-59(2)40-14-17-43-48(30-40)65-49-31-41(60(3)4)15-18-44(49)51(43)42-16-13-39(29-46(42)52(62)63)58-53(66)56-25-27-64-26-24-55-50(61)19-8-34-6-5-7-38(28-34)36-9-11-37(12-10-36)45-32-47(45)57-33-35-20-22-54-23-21-35/h5-7,9-18,28-31,35,45,47,54,57H,8,19-27,32-33H2,1-4H3,(H3,55,56,61,62,63,66)/p+1/t45-,47+/m0/s1. The summed E-state index contributed by atoms with van der Waals surface area (Å²) in [6, 6.07) is 35.2. The highest BCUT2D eigenvalue weighted by Crippen LogP contribution is 2.43. The van der Waals surface area contributed by atoms with Gasteiger partial charge in [-0.2, -0.15) is 0 Å². The lowest BCUT2D eigenvalue weighted by molar-refractivity contribution is -0.121. The minimum atomic E-state index is -1.06. The van der Waals surface area contributed by atoms with Gasteiger partial charge in [-0.25, -0.2) is 9.37 Å². The topological polar surface area (TPSA) is 143 Å². The molecule has 0 unspecified atom stereocenters. The van der Waals surface area contributed by atoms with Crippen LogP contribution < -0.4 is 41.4 Å². The van der Waals surface area contributed by atoms with Gasteiger partial charge < -0.3 is 45.7 Å². The number of anilines is 2. The molecule has 2 aliphatic heterocycles. The van der Waals surface area contributed by atoms with Crippen LogP contribution in [0.4, 0.5) is 11.4 Å². The SMILES string of the molecule is CN(C)c1ccc2c(-c3ccc(NC(=S)NCCOCCNC(=O)CCc4cccc(-c5ccc([C@@H]6C[C@H]6NCC6CCNCC6)cc5)c4)cc3C(=O)O)c3ccc(=[N+](C)C)cc-3oc2c1. The number of aromatic carboxylic acids is 1. The highest BCUT2D eigenvalue weighted by Gasteiger charge is 2.38. The van der Waals surface area contributed by atoms with Gasteiger partial charge in [0.1, 0.15) is 25.4 Å². The minimum absolute atomic E-state index is 0.0167. The second-order valence-corrected chi connectivity index (χ2v) is 18.3. The molecule has 0 spiro atoms. The Morgan fingerprint density at radius 3 is 2.41 bits per heavy atom. The number of hydrogen-bond acceptors (Lipinski definition) is 8. The Morgan fingerprint density at radius 1 is 0.879 bits per heavy atom. The van der Waals surface area contributed by atoms with Gasteiger partial charge in [0.2, 0.25) is 11.3 Å². The van der Waals surface area contributed by atoms with Crippen molar-refractivity contribution in [2.75, 3.05) is 84.3 Å². The Kier molecular flexibility index (Phi) is 15.1. The maximum atomic E-state index is 12.8. The Balaban J connectivity index is 0.768. The molecule has 344 valence electrons. The van der Waals surface area contributed by atoms with E-state index in [-0.39, 0.29) is 11.5 Å². The number of ether oxygens (including phenoxy) is 1. The summed E-state index contributed by atoms with van der Waals surface area (Å²) in [5.74, 6) is 0.985. The number of carbonyl (C=O) groups excluding carboxylic acids is 1. The maximum absolute atomic E-state index is 12.8. The molecule has 13 heteroatoms. The number of amides is 1. The normalized spacial score (nSPS) is 15.9. The number of carboxylic acids is 1. The molecule has 1 saturated carbocycles. The van der Waals surface area contributed by atoms with Crippen molar-refractivity contribution in [1.29, 1.82) is 0 Å². The summed E-state index contributed by atoms with van der Waals surface area (Å²) in [6.45, 7) is 4.98. The van der Waals surface area contributed by atoms with Gasteiger partial charge in [0.15, 0.2) is 5.11 Å². The number of rotatable bonds is 18. The van der Waals surface area contributed by atoms with Crippen molar-refractivity contribution in [2.45, 2.75) is 44.1 Å². The molecule has 12 nitrogen and oxygen atoms in total. The lowest BCUT2D eigenvalue weighted by Gasteiger charge is -2.22. The number of piperidine rings is 1. The van der Waals surface area contributed by atoms with Crippen molar-refractivity contribution in [3.63, 3.8) is 0 Å². The smallest absolute Gasteiger partial charge is 0.336 e. The lowest BCUT2D eigenvalue weighted by Crippen LogP contribution is -2.34. The van der Waals surface area contributed by atoms with Crippen molar-refractivity contribution in [3.8, 4) is 33.6 Å². The number of aryl methyl sites for hydroxylation is 1. The zero-order valence-corrected chi connectivity index (χ0v) is 39.2. The maximum Gasteiger partial charge on any atom is 0.336 e. The molecule has 1 amide bonds. The number of carbonyl (C=O) groups is 2. The van der Waals surface area contributed by atoms with E-state index in [1.165, 1.54) is 30.4 Å². The molecular weight excluding hydrogens is 847 g/mol. The van der Waals surface area contributed by atoms with E-state index in [2.05, 4.69) is 75.1 Å². The monoisotopic (exact) mass is 908 g/mol. The first-order valence-electron chi connectivity index (χ1n) is 23.1. The molecule has 2 fully saturated rings. The fraction of sp³-hybridized carbons (Fsp3) is 0.358. The average molecular weight is 909 g/mol. The molecule has 8 rings (SSSR count). The van der Waals surface area contributed by atoms with E-state index in [1.54, 1.807) is 6.07 Å². The van der Waals surface area contributed by atoms with Gasteiger partial charge in [0, 0.05) is 85.6 Å². The van der Waals surface area contributed by atoms with Gasteiger partial charge in [-0.1, -0.05) is 54.6 Å². The van der Waals surface area contributed by atoms with Crippen LogP contribution in [0.2, 0.25) is 0 Å². The van der Waals surface area contributed by atoms with E-state index < -0.39 is 5.97 Å². The summed E-state index contributed by atoms with van der Waals surface area (Å²) in [7, 11) is 7.87. The van der Waals surface area contributed by atoms with E-state index >= 15 is 0 Å². The van der Waals surface area contributed by atoms with Crippen molar-refractivity contribution < 1.29 is 23.8 Å². The van der Waals surface area contributed by atoms with Crippen molar-refractivity contribution in [1.82, 2.24) is 25.8 Å². The van der Waals surface area contributed by atoms with Gasteiger partial charge in [-0.15, -0.1) is 0 Å². The zero-order valence-electron chi connectivity index (χ0n) is 38.4. The van der Waals surface area contributed by atoms with Crippen LogP contribution >= 0.6 is 12.2 Å². The molecule has 0 aromatic heterocycles. The van der Waals surface area contributed by atoms with E-state index in [0.29, 0.717) is 78.8 Å². The quantitative estimate of drug-likeness (QED) is 0.0226. The summed E-state index contributed by atoms with van der Waals surface area (Å²) >= 11 is 5.54. The van der Waals surface area contributed by atoms with Crippen LogP contribution in [0.25, 0.3) is 44.5 Å². The molecular formula is C53H62N7O5S+. The molecule has 2 heterocycles.